The minimum Gasteiger partial charge on any atom is -0.366 e. The summed E-state index contributed by atoms with van der Waals surface area (Å²) in [6.07, 6.45) is 3.38. The van der Waals surface area contributed by atoms with Crippen LogP contribution in [-0.4, -0.2) is 46.7 Å². The van der Waals surface area contributed by atoms with Gasteiger partial charge >= 0.3 is 0 Å². The van der Waals surface area contributed by atoms with Gasteiger partial charge in [0.2, 0.25) is 5.91 Å². The van der Waals surface area contributed by atoms with Crippen molar-refractivity contribution in [1.82, 2.24) is 15.2 Å². The van der Waals surface area contributed by atoms with Crippen molar-refractivity contribution in [2.75, 3.05) is 13.1 Å². The Balaban J connectivity index is 1.96. The lowest BCUT2D eigenvalue weighted by molar-refractivity contribution is 0.0773. The first-order valence-electron chi connectivity index (χ1n) is 11.5. The minimum atomic E-state index is -0.771. The largest absolute Gasteiger partial charge is 0.366 e. The van der Waals surface area contributed by atoms with Gasteiger partial charge in [-0.3, -0.25) is 14.4 Å². The van der Waals surface area contributed by atoms with Crippen molar-refractivity contribution in [3.05, 3.63) is 63.9 Å². The summed E-state index contributed by atoms with van der Waals surface area (Å²) in [5, 5.41) is 5.06. The number of hydrogen-bond donors (Lipinski definition) is 2. The van der Waals surface area contributed by atoms with E-state index in [4.69, 9.17) is 5.73 Å². The Morgan fingerprint density at radius 3 is 2.46 bits per heavy atom. The van der Waals surface area contributed by atoms with Crippen LogP contribution in [0.25, 0.3) is 21.7 Å². The molecule has 3 N–H and O–H groups in total. The number of hydrogen-bond acceptors (Lipinski definition) is 5. The Kier molecular flexibility index (Phi) is 6.98. The van der Waals surface area contributed by atoms with Crippen molar-refractivity contribution in [2.45, 2.75) is 39.7 Å². The van der Waals surface area contributed by atoms with Crippen molar-refractivity contribution >= 4 is 29.1 Å². The third kappa shape index (κ3) is 4.81. The Bertz CT molecular complexity index is 1300. The Morgan fingerprint density at radius 2 is 1.89 bits per heavy atom. The van der Waals surface area contributed by atoms with E-state index in [1.54, 1.807) is 41.6 Å². The normalized spacial score (nSPS) is 12.9. The van der Waals surface area contributed by atoms with Gasteiger partial charge < -0.3 is 16.0 Å². The third-order valence-electron chi connectivity index (χ3n) is 6.19. The Labute approximate surface area is 207 Å². The van der Waals surface area contributed by atoms with Gasteiger partial charge in [0.1, 0.15) is 10.8 Å². The number of primary amides is 1. The Morgan fingerprint density at radius 1 is 1.17 bits per heavy atom. The lowest BCUT2D eigenvalue weighted by Crippen LogP contribution is -2.31. The van der Waals surface area contributed by atoms with Gasteiger partial charge in [-0.05, 0) is 68.5 Å². The summed E-state index contributed by atoms with van der Waals surface area (Å²) in [6.45, 7) is 6.30. The number of nitrogens with zero attached hydrogens (tertiary/aromatic N) is 2. The minimum absolute atomic E-state index is 0.0696. The second-order valence-electron chi connectivity index (χ2n) is 8.47. The van der Waals surface area contributed by atoms with Crippen molar-refractivity contribution in [3.63, 3.8) is 0 Å². The number of aromatic nitrogens is 1. The van der Waals surface area contributed by atoms with Crippen LogP contribution < -0.4 is 11.1 Å². The number of halogens is 1. The molecule has 1 fully saturated rings. The van der Waals surface area contributed by atoms with Crippen LogP contribution in [0.1, 0.15) is 63.3 Å². The molecule has 1 saturated carbocycles. The zero-order chi connectivity index (χ0) is 25.3. The molecule has 0 unspecified atom stereocenters. The maximum atomic E-state index is 15.0. The number of amides is 3. The standard InChI is InChI=1S/C26H27FN4O3S/c1-4-31(5-2)26(34)18-9-8-17(21(23(28)32)22(18)25-29-10-11-35-25)19-12-15(13-20(27)14(19)3)24(33)30-16-6-7-16/h8-13,16H,4-7H2,1-3H3,(H2,28,32)(H,30,33). The first-order valence-corrected chi connectivity index (χ1v) is 12.4. The van der Waals surface area contributed by atoms with Crippen LogP contribution >= 0.6 is 11.3 Å². The number of benzene rings is 2. The summed E-state index contributed by atoms with van der Waals surface area (Å²) in [5.74, 6) is -1.97. The van der Waals surface area contributed by atoms with E-state index in [0.717, 1.165) is 12.8 Å². The van der Waals surface area contributed by atoms with Crippen LogP contribution in [-0.2, 0) is 0 Å². The number of carbonyl (C=O) groups is 3. The Hall–Kier alpha value is -3.59. The highest BCUT2D eigenvalue weighted by Gasteiger charge is 2.29. The van der Waals surface area contributed by atoms with Gasteiger partial charge in [-0.2, -0.15) is 0 Å². The molecule has 0 saturated heterocycles. The fourth-order valence-electron chi connectivity index (χ4n) is 4.10. The van der Waals surface area contributed by atoms with Crippen molar-refractivity contribution in [3.8, 4) is 21.7 Å². The number of nitrogens with two attached hydrogens (primary N) is 1. The molecule has 3 amide bonds. The fourth-order valence-corrected chi connectivity index (χ4v) is 4.80. The predicted molar refractivity (Wildman–Crippen MR) is 134 cm³/mol. The van der Waals surface area contributed by atoms with Gasteiger partial charge in [0.05, 0.1) is 11.1 Å². The van der Waals surface area contributed by atoms with E-state index in [0.29, 0.717) is 40.4 Å². The van der Waals surface area contributed by atoms with E-state index in [1.165, 1.54) is 17.4 Å². The average Bonchev–Trinajstić information content (AvgIpc) is 3.48. The fraction of sp³-hybridized carbons (Fsp3) is 0.308. The zero-order valence-corrected chi connectivity index (χ0v) is 20.7. The molecule has 7 nitrogen and oxygen atoms in total. The quantitative estimate of drug-likeness (QED) is 0.484. The molecule has 0 spiro atoms. The highest BCUT2D eigenvalue weighted by atomic mass is 32.1. The number of rotatable bonds is 8. The molecule has 0 radical (unpaired) electrons. The van der Waals surface area contributed by atoms with Crippen LogP contribution in [0.2, 0.25) is 0 Å². The van der Waals surface area contributed by atoms with Gasteiger partial charge in [-0.1, -0.05) is 6.07 Å². The van der Waals surface area contributed by atoms with Gasteiger partial charge in [0.25, 0.3) is 11.8 Å². The van der Waals surface area contributed by atoms with Gasteiger partial charge in [-0.25, -0.2) is 9.37 Å². The van der Waals surface area contributed by atoms with E-state index in [-0.39, 0.29) is 34.5 Å². The molecular weight excluding hydrogens is 467 g/mol. The van der Waals surface area contributed by atoms with E-state index in [1.807, 2.05) is 13.8 Å². The molecule has 1 aromatic heterocycles. The smallest absolute Gasteiger partial charge is 0.254 e. The summed E-state index contributed by atoms with van der Waals surface area (Å²) in [6, 6.07) is 6.08. The summed E-state index contributed by atoms with van der Waals surface area (Å²) < 4.78 is 15.0. The summed E-state index contributed by atoms with van der Waals surface area (Å²) in [5.41, 5.74) is 7.67. The molecule has 0 bridgehead atoms. The molecule has 1 aliphatic rings. The molecule has 0 atom stereocenters. The molecule has 2 aromatic carbocycles. The average molecular weight is 495 g/mol. The molecule has 0 aliphatic heterocycles. The highest BCUT2D eigenvalue weighted by molar-refractivity contribution is 7.13. The first kappa shape index (κ1) is 24.5. The molecule has 4 rings (SSSR count). The van der Waals surface area contributed by atoms with E-state index in [2.05, 4.69) is 10.3 Å². The van der Waals surface area contributed by atoms with Crippen LogP contribution in [0.15, 0.2) is 35.8 Å². The van der Waals surface area contributed by atoms with Crippen molar-refractivity contribution < 1.29 is 18.8 Å². The van der Waals surface area contributed by atoms with Gasteiger partial charge in [0, 0.05) is 41.8 Å². The summed E-state index contributed by atoms with van der Waals surface area (Å²) >= 11 is 1.27. The van der Waals surface area contributed by atoms with Crippen LogP contribution in [0.4, 0.5) is 4.39 Å². The highest BCUT2D eigenvalue weighted by Crippen LogP contribution is 2.38. The molecule has 3 aromatic rings. The lowest BCUT2D eigenvalue weighted by atomic mass is 9.88. The zero-order valence-electron chi connectivity index (χ0n) is 19.9. The monoisotopic (exact) mass is 494 g/mol. The maximum Gasteiger partial charge on any atom is 0.254 e. The van der Waals surface area contributed by atoms with Crippen LogP contribution in [0, 0.1) is 12.7 Å². The van der Waals surface area contributed by atoms with Crippen molar-refractivity contribution in [2.24, 2.45) is 5.73 Å². The third-order valence-corrected chi connectivity index (χ3v) is 6.98. The van der Waals surface area contributed by atoms with E-state index in [9.17, 15) is 18.8 Å². The second-order valence-corrected chi connectivity index (χ2v) is 9.36. The molecule has 1 aliphatic carbocycles. The SMILES string of the molecule is CCN(CC)C(=O)c1ccc(-c2cc(C(=O)NC3CC3)cc(F)c2C)c(C(N)=O)c1-c1nccs1. The van der Waals surface area contributed by atoms with E-state index >= 15 is 0 Å². The van der Waals surface area contributed by atoms with Crippen molar-refractivity contribution in [1.29, 1.82) is 0 Å². The van der Waals surface area contributed by atoms with Crippen LogP contribution in [0.3, 0.4) is 0 Å². The maximum absolute atomic E-state index is 15.0. The number of thiazole rings is 1. The predicted octanol–water partition coefficient (Wildman–Crippen LogP) is 4.40. The number of carbonyl (C=O) groups excluding carboxylic acids is 3. The molecule has 182 valence electrons. The van der Waals surface area contributed by atoms with Crippen LogP contribution in [0.5, 0.6) is 0 Å². The summed E-state index contributed by atoms with van der Waals surface area (Å²) in [7, 11) is 0. The molecular formula is C26H27FN4O3S. The lowest BCUT2D eigenvalue weighted by Gasteiger charge is -2.22. The first-order chi connectivity index (χ1) is 16.8. The molecule has 9 heteroatoms. The second kappa shape index (κ2) is 9.95. The van der Waals surface area contributed by atoms with Gasteiger partial charge in [0.15, 0.2) is 0 Å². The van der Waals surface area contributed by atoms with Gasteiger partial charge in [-0.15, -0.1) is 11.3 Å². The topological polar surface area (TPSA) is 105 Å². The summed E-state index contributed by atoms with van der Waals surface area (Å²) in [4.78, 5) is 44.9. The number of nitrogens with one attached hydrogen (secondary N) is 1. The van der Waals surface area contributed by atoms with E-state index < -0.39 is 11.7 Å². The molecule has 35 heavy (non-hydrogen) atoms. The molecule has 1 heterocycles.